The number of amides is 4. The van der Waals surface area contributed by atoms with E-state index in [1.807, 2.05) is 37.0 Å². The van der Waals surface area contributed by atoms with Crippen molar-refractivity contribution in [1.29, 1.82) is 0 Å². The minimum atomic E-state index is -0.846. The van der Waals surface area contributed by atoms with Crippen LogP contribution in [0.15, 0.2) is 36.4 Å². The lowest BCUT2D eigenvalue weighted by atomic mass is 9.85. The number of hydrogen-bond acceptors (Lipinski definition) is 10. The second kappa shape index (κ2) is 14.6. The molecule has 14 heteroatoms. The number of fused-ring (bicyclic) bond motifs is 2. The highest BCUT2D eigenvalue weighted by atomic mass is 16.3. The Hall–Kier alpha value is -5.11. The summed E-state index contributed by atoms with van der Waals surface area (Å²) < 4.78 is 3.58. The van der Waals surface area contributed by atoms with Crippen LogP contribution in [0.2, 0.25) is 0 Å². The van der Waals surface area contributed by atoms with Crippen LogP contribution in [0.1, 0.15) is 81.0 Å². The van der Waals surface area contributed by atoms with E-state index >= 15 is 0 Å². The lowest BCUT2D eigenvalue weighted by Crippen LogP contribution is -2.55. The highest BCUT2D eigenvalue weighted by Crippen LogP contribution is 2.38. The van der Waals surface area contributed by atoms with Crippen LogP contribution < -0.4 is 15.1 Å². The molecule has 3 unspecified atom stereocenters. The summed E-state index contributed by atoms with van der Waals surface area (Å²) in [6, 6.07) is 11.4. The topological polar surface area (TPSA) is 163 Å². The van der Waals surface area contributed by atoms with Crippen LogP contribution in [0, 0.1) is 11.8 Å². The van der Waals surface area contributed by atoms with E-state index in [4.69, 9.17) is 5.10 Å². The fourth-order valence-electron chi connectivity index (χ4n) is 9.32. The number of aliphatic hydroxyl groups excluding tert-OH is 1. The summed E-state index contributed by atoms with van der Waals surface area (Å²) in [5.41, 5.74) is 5.22. The number of piperidine rings is 4. The smallest absolute Gasteiger partial charge is 0.239 e. The van der Waals surface area contributed by atoms with E-state index in [2.05, 4.69) is 38.4 Å². The van der Waals surface area contributed by atoms with Gasteiger partial charge in [-0.25, -0.2) is 0 Å². The van der Waals surface area contributed by atoms with Gasteiger partial charge in [0.05, 0.1) is 40.3 Å². The first-order valence-corrected chi connectivity index (χ1v) is 19.3. The molecule has 0 aliphatic carbocycles. The Morgan fingerprint density at radius 2 is 1.33 bits per heavy atom. The quantitative estimate of drug-likeness (QED) is 0.193. The second-order valence-electron chi connectivity index (χ2n) is 15.5. The number of hydrogen-bond donors (Lipinski definition) is 2. The third-order valence-electron chi connectivity index (χ3n) is 12.4. The van der Waals surface area contributed by atoms with Crippen LogP contribution in [0.3, 0.4) is 0 Å². The number of aliphatic hydroxyl groups is 1. The van der Waals surface area contributed by atoms with Gasteiger partial charge in [0.1, 0.15) is 6.29 Å². The summed E-state index contributed by atoms with van der Waals surface area (Å²) in [7, 11) is 3.73. The van der Waals surface area contributed by atoms with Gasteiger partial charge < -0.3 is 19.7 Å². The molecule has 4 aliphatic heterocycles. The summed E-state index contributed by atoms with van der Waals surface area (Å²) >= 11 is 0. The minimum Gasteiger partial charge on any atom is -0.396 e. The first kappa shape index (κ1) is 35.9. The molecule has 0 saturated carbocycles. The number of anilines is 2. The molecule has 4 saturated heterocycles. The number of likely N-dealkylation sites (tertiary alicyclic amines) is 1. The fraction of sp³-hybridized carbons (Fsp3) is 0.525. The standard InChI is InChI=1S/C40H48N8O6/c1-44-32-22-27(3-5-28(32)37(42-44)30-7-9-35(51)41-39(30)53)47-18-13-25(14-19-47)34(23-50)48-36(52)10-8-31(40(48)54)38-29-6-4-26(21-33(29)45(2)43-38)46-16-11-24(12-17-46)15-20-49/h3-6,21-25,30-31,34,49H,7-20H2,1-2H3,(H,41,51,53). The Morgan fingerprint density at radius 1 is 0.778 bits per heavy atom. The van der Waals surface area contributed by atoms with E-state index in [0.29, 0.717) is 56.1 Å². The number of imide groups is 2. The summed E-state index contributed by atoms with van der Waals surface area (Å²) in [5, 5.41) is 23.0. The molecular weight excluding hydrogens is 688 g/mol. The maximum Gasteiger partial charge on any atom is 0.239 e. The maximum absolute atomic E-state index is 14.2. The zero-order valence-electron chi connectivity index (χ0n) is 30.9. The minimum absolute atomic E-state index is 0.171. The van der Waals surface area contributed by atoms with Gasteiger partial charge in [-0.1, -0.05) is 0 Å². The zero-order chi connectivity index (χ0) is 37.7. The zero-order valence-corrected chi connectivity index (χ0v) is 30.9. The van der Waals surface area contributed by atoms with Gasteiger partial charge >= 0.3 is 0 Å². The van der Waals surface area contributed by atoms with Crippen LogP contribution in [-0.4, -0.2) is 98.3 Å². The van der Waals surface area contributed by atoms with Crippen molar-refractivity contribution in [1.82, 2.24) is 29.8 Å². The molecule has 0 bridgehead atoms. The molecule has 8 rings (SSSR count). The van der Waals surface area contributed by atoms with Gasteiger partial charge in [-0.05, 0) is 93.2 Å². The molecule has 54 heavy (non-hydrogen) atoms. The Bertz CT molecular complexity index is 2120. The molecule has 2 aromatic carbocycles. The molecule has 0 spiro atoms. The van der Waals surface area contributed by atoms with Crippen molar-refractivity contribution in [3.8, 4) is 0 Å². The second-order valence-corrected chi connectivity index (χ2v) is 15.5. The molecule has 14 nitrogen and oxygen atoms in total. The number of aromatic nitrogens is 4. The summed E-state index contributed by atoms with van der Waals surface area (Å²) in [6.07, 6.45) is 6.21. The van der Waals surface area contributed by atoms with Crippen LogP contribution in [-0.2, 0) is 38.1 Å². The molecule has 0 radical (unpaired) electrons. The Labute approximate surface area is 313 Å². The number of carbonyl (C=O) groups excluding carboxylic acids is 5. The van der Waals surface area contributed by atoms with Crippen molar-refractivity contribution < 1.29 is 29.1 Å². The van der Waals surface area contributed by atoms with Crippen LogP contribution in [0.5, 0.6) is 0 Å². The Kier molecular flexibility index (Phi) is 9.71. The number of rotatable bonds is 9. The van der Waals surface area contributed by atoms with E-state index in [-0.39, 0.29) is 49.0 Å². The fourth-order valence-corrected chi connectivity index (χ4v) is 9.32. The number of carbonyl (C=O) groups is 5. The van der Waals surface area contributed by atoms with Gasteiger partial charge in [-0.3, -0.25) is 38.8 Å². The van der Waals surface area contributed by atoms with Crippen LogP contribution >= 0.6 is 0 Å². The van der Waals surface area contributed by atoms with E-state index < -0.39 is 17.9 Å². The molecule has 4 amide bonds. The molecule has 3 atom stereocenters. The molecular formula is C40H48N8O6. The first-order valence-electron chi connectivity index (χ1n) is 19.3. The molecule has 284 valence electrons. The number of benzene rings is 2. The van der Waals surface area contributed by atoms with Crippen molar-refractivity contribution in [3.05, 3.63) is 47.8 Å². The number of aldehydes is 1. The summed E-state index contributed by atoms with van der Waals surface area (Å²) in [5.74, 6) is -1.95. The van der Waals surface area contributed by atoms with Crippen molar-refractivity contribution in [2.24, 2.45) is 25.9 Å². The Balaban J connectivity index is 0.957. The molecule has 2 aromatic heterocycles. The van der Waals surface area contributed by atoms with Gasteiger partial charge in [0.2, 0.25) is 23.6 Å². The lowest BCUT2D eigenvalue weighted by molar-refractivity contribution is -0.155. The van der Waals surface area contributed by atoms with Gasteiger partial charge in [0, 0.05) is 81.9 Å². The monoisotopic (exact) mass is 736 g/mol. The average molecular weight is 737 g/mol. The Morgan fingerprint density at radius 3 is 1.89 bits per heavy atom. The molecule has 2 N–H and O–H groups in total. The predicted molar refractivity (Wildman–Crippen MR) is 202 cm³/mol. The van der Waals surface area contributed by atoms with Crippen LogP contribution in [0.4, 0.5) is 11.4 Å². The van der Waals surface area contributed by atoms with Gasteiger partial charge in [0.15, 0.2) is 0 Å². The number of nitrogens with one attached hydrogen (secondary N) is 1. The maximum atomic E-state index is 14.2. The van der Waals surface area contributed by atoms with Crippen molar-refractivity contribution in [3.63, 3.8) is 0 Å². The summed E-state index contributed by atoms with van der Waals surface area (Å²) in [6.45, 7) is 3.37. The van der Waals surface area contributed by atoms with Gasteiger partial charge in [-0.15, -0.1) is 0 Å². The SMILES string of the molecule is Cn1nc(C2CCC(=O)NC2=O)c2ccc(N3CCC(C(C=O)N4C(=O)CCC(c5nn(C)c6cc(N7CCC(CCO)CC7)ccc56)C4=O)CC3)cc21. The van der Waals surface area contributed by atoms with E-state index in [1.165, 1.54) is 4.90 Å². The number of aryl methyl sites for hydroxylation is 2. The third kappa shape index (κ3) is 6.43. The highest BCUT2D eigenvalue weighted by Gasteiger charge is 2.44. The van der Waals surface area contributed by atoms with Crippen LogP contribution in [0.25, 0.3) is 21.8 Å². The van der Waals surface area contributed by atoms with Crippen molar-refractivity contribution in [2.75, 3.05) is 42.6 Å². The third-order valence-corrected chi connectivity index (χ3v) is 12.4. The predicted octanol–water partition coefficient (Wildman–Crippen LogP) is 3.30. The molecule has 4 fully saturated rings. The molecule has 4 aromatic rings. The lowest BCUT2D eigenvalue weighted by Gasteiger charge is -2.41. The largest absolute Gasteiger partial charge is 0.396 e. The van der Waals surface area contributed by atoms with Crippen molar-refractivity contribution >= 4 is 63.1 Å². The summed E-state index contributed by atoms with van der Waals surface area (Å²) in [4.78, 5) is 70.6. The van der Waals surface area contributed by atoms with Gasteiger partial charge in [0.25, 0.3) is 0 Å². The van der Waals surface area contributed by atoms with E-state index in [1.54, 1.807) is 4.68 Å². The average Bonchev–Trinajstić information content (AvgIpc) is 3.68. The number of nitrogens with zero attached hydrogens (tertiary/aromatic N) is 7. The first-order chi connectivity index (χ1) is 26.1. The van der Waals surface area contributed by atoms with E-state index in [9.17, 15) is 29.1 Å². The van der Waals surface area contributed by atoms with Crippen molar-refractivity contribution in [2.45, 2.75) is 75.7 Å². The normalized spacial score (nSPS) is 22.8. The highest BCUT2D eigenvalue weighted by molar-refractivity contribution is 6.05. The van der Waals surface area contributed by atoms with Gasteiger partial charge in [-0.2, -0.15) is 10.2 Å². The molecule has 6 heterocycles. The van der Waals surface area contributed by atoms with E-state index in [0.717, 1.165) is 71.8 Å². The molecule has 4 aliphatic rings.